The maximum Gasteiger partial charge on any atom is 0.269 e. The molecule has 0 aliphatic carbocycles. The summed E-state index contributed by atoms with van der Waals surface area (Å²) in [6.45, 7) is -0.0638. The van der Waals surface area contributed by atoms with Crippen molar-refractivity contribution in [3.8, 4) is 11.8 Å². The minimum Gasteiger partial charge on any atom is -0.395 e. The van der Waals surface area contributed by atoms with E-state index >= 15 is 0 Å². The number of hydrogen-bond acceptors (Lipinski definition) is 5. The summed E-state index contributed by atoms with van der Waals surface area (Å²) < 4.78 is 17.3. The highest BCUT2D eigenvalue weighted by Crippen LogP contribution is 2.15. The lowest BCUT2D eigenvalue weighted by Crippen LogP contribution is -2.10. The average Bonchev–Trinajstić information content (AvgIpc) is 2.95. The van der Waals surface area contributed by atoms with Crippen LogP contribution in [-0.2, 0) is 0 Å². The zero-order valence-corrected chi connectivity index (χ0v) is 11.1. The van der Waals surface area contributed by atoms with E-state index in [1.165, 1.54) is 18.3 Å². The highest BCUT2D eigenvalue weighted by molar-refractivity contribution is 7.07. The van der Waals surface area contributed by atoms with Crippen LogP contribution >= 0.6 is 11.5 Å². The van der Waals surface area contributed by atoms with Gasteiger partial charge in [0.2, 0.25) is 0 Å². The number of aromatic nitrogens is 2. The Balaban J connectivity index is 2.10. The standard InChI is InChI=1S/C13H10FN3O2S/c14-11-7-10(5-4-9(11)3-1-2-6-18)16-13(19)12-8-15-17-20-12/h4-5,7-8,18H,2,6H2,(H,16,19). The molecule has 1 amide bonds. The summed E-state index contributed by atoms with van der Waals surface area (Å²) in [5.74, 6) is 4.32. The summed E-state index contributed by atoms with van der Waals surface area (Å²) in [6.07, 6.45) is 1.63. The summed E-state index contributed by atoms with van der Waals surface area (Å²) in [7, 11) is 0. The van der Waals surface area contributed by atoms with Gasteiger partial charge in [-0.15, -0.1) is 5.10 Å². The normalized spacial score (nSPS) is 9.70. The summed E-state index contributed by atoms with van der Waals surface area (Å²) in [6, 6.07) is 4.22. The molecule has 0 bridgehead atoms. The van der Waals surface area contributed by atoms with Gasteiger partial charge in [0.25, 0.3) is 5.91 Å². The molecule has 2 aromatic rings. The molecular weight excluding hydrogens is 281 g/mol. The van der Waals surface area contributed by atoms with Crippen molar-refractivity contribution in [3.63, 3.8) is 0 Å². The molecule has 0 atom stereocenters. The number of anilines is 1. The predicted molar refractivity (Wildman–Crippen MR) is 72.8 cm³/mol. The quantitative estimate of drug-likeness (QED) is 0.843. The zero-order valence-electron chi connectivity index (χ0n) is 10.3. The number of hydrogen-bond donors (Lipinski definition) is 2. The number of nitrogens with one attached hydrogen (secondary N) is 1. The van der Waals surface area contributed by atoms with E-state index in [4.69, 9.17) is 5.11 Å². The molecule has 1 heterocycles. The van der Waals surface area contributed by atoms with Gasteiger partial charge < -0.3 is 10.4 Å². The first kappa shape index (κ1) is 14.1. The summed E-state index contributed by atoms with van der Waals surface area (Å²) in [5.41, 5.74) is 0.546. The molecule has 2 rings (SSSR count). The number of carbonyl (C=O) groups excluding carboxylic acids is 1. The molecule has 7 heteroatoms. The fourth-order valence-electron chi connectivity index (χ4n) is 1.37. The largest absolute Gasteiger partial charge is 0.395 e. The maximum absolute atomic E-state index is 13.7. The van der Waals surface area contributed by atoms with Gasteiger partial charge in [0.1, 0.15) is 10.7 Å². The summed E-state index contributed by atoms with van der Waals surface area (Å²) in [5, 5.41) is 14.7. The van der Waals surface area contributed by atoms with E-state index in [0.29, 0.717) is 10.6 Å². The predicted octanol–water partition coefficient (Wildman–Crippen LogP) is 1.66. The number of aliphatic hydroxyl groups is 1. The van der Waals surface area contributed by atoms with Crippen LogP contribution in [0.3, 0.4) is 0 Å². The van der Waals surface area contributed by atoms with Gasteiger partial charge in [0.15, 0.2) is 0 Å². The molecule has 0 radical (unpaired) electrons. The second kappa shape index (κ2) is 6.75. The molecule has 102 valence electrons. The monoisotopic (exact) mass is 291 g/mol. The van der Waals surface area contributed by atoms with Crippen LogP contribution in [0.1, 0.15) is 21.7 Å². The van der Waals surface area contributed by atoms with Gasteiger partial charge in [-0.1, -0.05) is 16.3 Å². The average molecular weight is 291 g/mol. The van der Waals surface area contributed by atoms with Crippen molar-refractivity contribution in [3.05, 3.63) is 40.7 Å². The number of amides is 1. The molecule has 20 heavy (non-hydrogen) atoms. The van der Waals surface area contributed by atoms with Crippen LogP contribution in [0.2, 0.25) is 0 Å². The van der Waals surface area contributed by atoms with Crippen LogP contribution in [-0.4, -0.2) is 27.2 Å². The lowest BCUT2D eigenvalue weighted by atomic mass is 10.2. The molecule has 0 fully saturated rings. The Morgan fingerprint density at radius 1 is 1.50 bits per heavy atom. The molecule has 0 unspecified atom stereocenters. The van der Waals surface area contributed by atoms with Crippen LogP contribution in [0.4, 0.5) is 10.1 Å². The van der Waals surface area contributed by atoms with Gasteiger partial charge in [0.05, 0.1) is 18.4 Å². The van der Waals surface area contributed by atoms with Crippen LogP contribution in [0, 0.1) is 17.7 Å². The van der Waals surface area contributed by atoms with Gasteiger partial charge in [-0.05, 0) is 29.7 Å². The van der Waals surface area contributed by atoms with E-state index in [1.54, 1.807) is 6.07 Å². The van der Waals surface area contributed by atoms with E-state index in [0.717, 1.165) is 11.5 Å². The van der Waals surface area contributed by atoms with Crippen LogP contribution in [0.15, 0.2) is 24.4 Å². The SMILES string of the molecule is O=C(Nc1ccc(C#CCCO)c(F)c1)c1cnns1. The van der Waals surface area contributed by atoms with Crippen molar-refractivity contribution in [2.75, 3.05) is 11.9 Å². The number of halogens is 1. The molecule has 1 aromatic carbocycles. The Labute approximate surface area is 118 Å². The highest BCUT2D eigenvalue weighted by Gasteiger charge is 2.09. The van der Waals surface area contributed by atoms with E-state index < -0.39 is 11.7 Å². The van der Waals surface area contributed by atoms with Crippen molar-refractivity contribution in [1.82, 2.24) is 9.59 Å². The fourth-order valence-corrected chi connectivity index (χ4v) is 1.78. The summed E-state index contributed by atoms with van der Waals surface area (Å²) >= 11 is 0.958. The molecule has 5 nitrogen and oxygen atoms in total. The second-order valence-corrected chi connectivity index (χ2v) is 4.49. The van der Waals surface area contributed by atoms with E-state index in [2.05, 4.69) is 26.7 Å². The lowest BCUT2D eigenvalue weighted by molar-refractivity contribution is 0.103. The first-order valence-electron chi connectivity index (χ1n) is 5.68. The third-order valence-electron chi connectivity index (χ3n) is 2.27. The smallest absolute Gasteiger partial charge is 0.269 e. The Morgan fingerprint density at radius 3 is 3.00 bits per heavy atom. The minimum atomic E-state index is -0.532. The molecule has 2 N–H and O–H groups in total. The number of nitrogens with zero attached hydrogens (tertiary/aromatic N) is 2. The highest BCUT2D eigenvalue weighted by atomic mass is 32.1. The molecule has 0 spiro atoms. The van der Waals surface area contributed by atoms with E-state index in [9.17, 15) is 9.18 Å². The first-order chi connectivity index (χ1) is 9.70. The van der Waals surface area contributed by atoms with Gasteiger partial charge in [-0.2, -0.15) is 0 Å². The van der Waals surface area contributed by atoms with Gasteiger partial charge >= 0.3 is 0 Å². The number of rotatable bonds is 3. The number of aliphatic hydroxyl groups excluding tert-OH is 1. The lowest BCUT2D eigenvalue weighted by Gasteiger charge is -2.03. The van der Waals surface area contributed by atoms with Crippen molar-refractivity contribution >= 4 is 23.1 Å². The van der Waals surface area contributed by atoms with Gasteiger partial charge in [-0.25, -0.2) is 4.39 Å². The molecule has 0 saturated heterocycles. The Kier molecular flexibility index (Phi) is 4.76. The molecular formula is C13H10FN3O2S. The van der Waals surface area contributed by atoms with Crippen molar-refractivity contribution < 1.29 is 14.3 Å². The molecule has 0 aliphatic heterocycles. The Hall–Kier alpha value is -2.30. The second-order valence-electron chi connectivity index (χ2n) is 3.71. The first-order valence-corrected chi connectivity index (χ1v) is 6.46. The van der Waals surface area contributed by atoms with Gasteiger partial charge in [-0.3, -0.25) is 4.79 Å². The van der Waals surface area contributed by atoms with E-state index in [-0.39, 0.29) is 18.6 Å². The molecule has 0 aliphatic rings. The van der Waals surface area contributed by atoms with E-state index in [1.807, 2.05) is 0 Å². The Morgan fingerprint density at radius 2 is 2.35 bits per heavy atom. The van der Waals surface area contributed by atoms with Gasteiger partial charge in [0, 0.05) is 12.1 Å². The maximum atomic E-state index is 13.7. The Bertz CT molecular complexity index is 662. The van der Waals surface area contributed by atoms with Crippen molar-refractivity contribution in [2.24, 2.45) is 0 Å². The zero-order chi connectivity index (χ0) is 14.4. The minimum absolute atomic E-state index is 0.0638. The molecule has 0 saturated carbocycles. The molecule has 1 aromatic heterocycles. The van der Waals surface area contributed by atoms with Crippen LogP contribution < -0.4 is 5.32 Å². The van der Waals surface area contributed by atoms with Crippen LogP contribution in [0.25, 0.3) is 0 Å². The number of carbonyl (C=O) groups is 1. The number of benzene rings is 1. The topological polar surface area (TPSA) is 75.1 Å². The summed E-state index contributed by atoms with van der Waals surface area (Å²) in [4.78, 5) is 12.1. The fraction of sp³-hybridized carbons (Fsp3) is 0.154. The third-order valence-corrected chi connectivity index (χ3v) is 2.94. The van der Waals surface area contributed by atoms with Crippen LogP contribution in [0.5, 0.6) is 0 Å². The van der Waals surface area contributed by atoms with Crippen molar-refractivity contribution in [2.45, 2.75) is 6.42 Å². The van der Waals surface area contributed by atoms with Crippen molar-refractivity contribution in [1.29, 1.82) is 0 Å². The third kappa shape index (κ3) is 3.60.